The molecule has 1 saturated carbocycles. The first-order valence-electron chi connectivity index (χ1n) is 12.4. The molecule has 0 spiro atoms. The molecule has 0 heterocycles. The van der Waals surface area contributed by atoms with E-state index < -0.39 is 23.4 Å². The second kappa shape index (κ2) is 10.5. The van der Waals surface area contributed by atoms with Crippen LogP contribution in [0.1, 0.15) is 81.8 Å². The quantitative estimate of drug-likeness (QED) is 0.236. The minimum atomic E-state index is -4.78. The molecule has 0 saturated heterocycles. The van der Waals surface area contributed by atoms with Crippen molar-refractivity contribution in [1.82, 2.24) is 0 Å². The molecule has 3 aromatic carbocycles. The van der Waals surface area contributed by atoms with Crippen LogP contribution in [0.2, 0.25) is 0 Å². The Balaban J connectivity index is 1.49. The third-order valence-electron chi connectivity index (χ3n) is 7.35. The van der Waals surface area contributed by atoms with Crippen LogP contribution in [0.3, 0.4) is 0 Å². The lowest BCUT2D eigenvalue weighted by molar-refractivity contribution is -0.139. The summed E-state index contributed by atoms with van der Waals surface area (Å²) in [5, 5.41) is 1.15. The van der Waals surface area contributed by atoms with E-state index in [1.165, 1.54) is 56.6 Å². The Morgan fingerprint density at radius 2 is 1.59 bits per heavy atom. The van der Waals surface area contributed by atoms with E-state index in [9.17, 15) is 17.6 Å². The van der Waals surface area contributed by atoms with Gasteiger partial charge in [-0.2, -0.15) is 13.2 Å². The zero-order valence-electron chi connectivity index (χ0n) is 19.5. The highest BCUT2D eigenvalue weighted by Crippen LogP contribution is 2.40. The Bertz CT molecular complexity index is 1120. The molecule has 1 aliphatic rings. The smallest absolute Gasteiger partial charge is 0.206 e. The molecule has 3 aromatic rings. The lowest BCUT2D eigenvalue weighted by Crippen LogP contribution is -2.13. The summed E-state index contributed by atoms with van der Waals surface area (Å²) < 4.78 is 67.9. The lowest BCUT2D eigenvalue weighted by atomic mass is 9.76. The monoisotopic (exact) mass is 474 g/mol. The molecule has 182 valence electrons. The van der Waals surface area contributed by atoms with Crippen molar-refractivity contribution in [2.75, 3.05) is 0 Å². The van der Waals surface area contributed by atoms with Gasteiger partial charge in [-0.3, -0.25) is 0 Å². The molecule has 5 heteroatoms. The Labute approximate surface area is 198 Å². The van der Waals surface area contributed by atoms with Gasteiger partial charge in [-0.15, -0.1) is 0 Å². The lowest BCUT2D eigenvalue weighted by Gasteiger charge is -2.29. The second-order valence-electron chi connectivity index (χ2n) is 9.67. The number of hydrogen-bond acceptors (Lipinski definition) is 0. The van der Waals surface area contributed by atoms with E-state index in [0.29, 0.717) is 17.4 Å². The Kier molecular flexibility index (Phi) is 7.59. The maximum atomic E-state index is 15.3. The maximum absolute atomic E-state index is 15.3. The second-order valence-corrected chi connectivity index (χ2v) is 9.67. The highest BCUT2D eigenvalue weighted by molar-refractivity contribution is 5.89. The van der Waals surface area contributed by atoms with Crippen LogP contribution in [-0.4, -0.2) is 0 Å². The molecule has 34 heavy (non-hydrogen) atoms. The summed E-state index contributed by atoms with van der Waals surface area (Å²) in [7, 11) is 0. The average Bonchev–Trinajstić information content (AvgIpc) is 2.81. The SMILES string of the molecule is CCCCCC[C@H]1CC[C@H](c2ccc3c(F)c(-c4ccc(C(F)(F)F)c(F)c4)ccc3c2)CC1. The predicted octanol–water partition coefficient (Wildman–Crippen LogP) is 10.0. The Morgan fingerprint density at radius 3 is 2.26 bits per heavy atom. The van der Waals surface area contributed by atoms with E-state index in [4.69, 9.17) is 0 Å². The van der Waals surface area contributed by atoms with Gasteiger partial charge in [-0.1, -0.05) is 75.4 Å². The molecule has 0 radical (unpaired) electrons. The number of unbranched alkanes of at least 4 members (excludes halogenated alkanes) is 3. The van der Waals surface area contributed by atoms with Crippen LogP contribution in [0.4, 0.5) is 22.0 Å². The van der Waals surface area contributed by atoms with Crippen LogP contribution in [-0.2, 0) is 6.18 Å². The minimum absolute atomic E-state index is 0.0891. The van der Waals surface area contributed by atoms with E-state index in [2.05, 4.69) is 6.92 Å². The van der Waals surface area contributed by atoms with Crippen LogP contribution in [0.25, 0.3) is 21.9 Å². The molecule has 0 aliphatic heterocycles. The first-order chi connectivity index (χ1) is 16.3. The highest BCUT2D eigenvalue weighted by Gasteiger charge is 2.34. The number of benzene rings is 3. The maximum Gasteiger partial charge on any atom is 0.419 e. The van der Waals surface area contributed by atoms with Gasteiger partial charge >= 0.3 is 6.18 Å². The molecule has 1 aliphatic carbocycles. The van der Waals surface area contributed by atoms with Crippen molar-refractivity contribution >= 4 is 10.8 Å². The van der Waals surface area contributed by atoms with Crippen LogP contribution >= 0.6 is 0 Å². The van der Waals surface area contributed by atoms with E-state index in [1.807, 2.05) is 12.1 Å². The van der Waals surface area contributed by atoms with Crippen molar-refractivity contribution in [3.05, 3.63) is 71.3 Å². The van der Waals surface area contributed by atoms with Crippen LogP contribution < -0.4 is 0 Å². The van der Waals surface area contributed by atoms with Gasteiger partial charge in [0.1, 0.15) is 11.6 Å². The van der Waals surface area contributed by atoms with Gasteiger partial charge in [0.2, 0.25) is 0 Å². The average molecular weight is 475 g/mol. The van der Waals surface area contributed by atoms with E-state index in [0.717, 1.165) is 36.3 Å². The molecule has 0 nitrogen and oxygen atoms in total. The molecule has 1 fully saturated rings. The number of hydrogen-bond donors (Lipinski definition) is 0. The fraction of sp³-hybridized carbons (Fsp3) is 0.448. The van der Waals surface area contributed by atoms with Gasteiger partial charge in [-0.25, -0.2) is 8.78 Å². The largest absolute Gasteiger partial charge is 0.419 e. The number of alkyl halides is 3. The zero-order valence-corrected chi connectivity index (χ0v) is 19.5. The van der Waals surface area contributed by atoms with Crippen molar-refractivity contribution in [3.63, 3.8) is 0 Å². The number of rotatable bonds is 7. The first kappa shape index (κ1) is 24.7. The van der Waals surface area contributed by atoms with E-state index in [1.54, 1.807) is 12.1 Å². The van der Waals surface area contributed by atoms with Gasteiger partial charge in [0.05, 0.1) is 5.56 Å². The van der Waals surface area contributed by atoms with E-state index in [-0.39, 0.29) is 11.1 Å². The van der Waals surface area contributed by atoms with Crippen molar-refractivity contribution in [3.8, 4) is 11.1 Å². The molecular formula is C29H31F5. The summed E-state index contributed by atoms with van der Waals surface area (Å²) in [4.78, 5) is 0. The molecule has 0 aromatic heterocycles. The number of fused-ring (bicyclic) bond motifs is 1. The molecule has 0 N–H and O–H groups in total. The first-order valence-corrected chi connectivity index (χ1v) is 12.4. The number of halogens is 5. The van der Waals surface area contributed by atoms with E-state index >= 15 is 4.39 Å². The standard InChI is InChI=1S/C29H31F5/c1-2-3-4-5-6-19-7-9-20(10-8-19)21-11-14-24-22(17-21)12-15-25(28(24)31)23-13-16-26(27(30)18-23)29(32,33)34/h11-20H,2-10H2,1H3/t19-,20-. The van der Waals surface area contributed by atoms with Crippen molar-refractivity contribution in [2.45, 2.75) is 76.8 Å². The summed E-state index contributed by atoms with van der Waals surface area (Å²) in [6, 6.07) is 11.6. The van der Waals surface area contributed by atoms with Crippen molar-refractivity contribution in [2.24, 2.45) is 5.92 Å². The van der Waals surface area contributed by atoms with Crippen molar-refractivity contribution < 1.29 is 22.0 Å². The topological polar surface area (TPSA) is 0 Å². The summed E-state index contributed by atoms with van der Waals surface area (Å²) in [5.41, 5.74) is 0.0464. The molecule has 0 bridgehead atoms. The van der Waals surface area contributed by atoms with Gasteiger partial charge < -0.3 is 0 Å². The Morgan fingerprint density at radius 1 is 0.824 bits per heavy atom. The molecule has 0 unspecified atom stereocenters. The molecule has 4 rings (SSSR count). The zero-order chi connectivity index (χ0) is 24.3. The van der Waals surface area contributed by atoms with Gasteiger partial charge in [0, 0.05) is 10.9 Å². The summed E-state index contributed by atoms with van der Waals surface area (Å²) in [6.07, 6.45) is 6.54. The van der Waals surface area contributed by atoms with Gasteiger partial charge in [0.15, 0.2) is 0 Å². The summed E-state index contributed by atoms with van der Waals surface area (Å²) >= 11 is 0. The summed E-state index contributed by atoms with van der Waals surface area (Å²) in [5.74, 6) is -0.652. The molecule has 0 atom stereocenters. The van der Waals surface area contributed by atoms with Gasteiger partial charge in [-0.05, 0) is 66.2 Å². The fourth-order valence-electron chi connectivity index (χ4n) is 5.34. The minimum Gasteiger partial charge on any atom is -0.206 e. The van der Waals surface area contributed by atoms with Crippen molar-refractivity contribution in [1.29, 1.82) is 0 Å². The fourth-order valence-corrected chi connectivity index (χ4v) is 5.34. The Hall–Kier alpha value is -2.43. The van der Waals surface area contributed by atoms with Crippen LogP contribution in [0, 0.1) is 17.6 Å². The molecule has 0 amide bonds. The van der Waals surface area contributed by atoms with Crippen LogP contribution in [0.15, 0.2) is 48.5 Å². The predicted molar refractivity (Wildman–Crippen MR) is 128 cm³/mol. The normalized spacial score (nSPS) is 19.0. The van der Waals surface area contributed by atoms with Gasteiger partial charge in [0.25, 0.3) is 0 Å². The third-order valence-corrected chi connectivity index (χ3v) is 7.35. The highest BCUT2D eigenvalue weighted by atomic mass is 19.4. The van der Waals surface area contributed by atoms with Crippen LogP contribution in [0.5, 0.6) is 0 Å². The third kappa shape index (κ3) is 5.45. The summed E-state index contributed by atoms with van der Waals surface area (Å²) in [6.45, 7) is 2.23. The molecular weight excluding hydrogens is 443 g/mol.